The van der Waals surface area contributed by atoms with E-state index in [0.29, 0.717) is 23.4 Å². The van der Waals surface area contributed by atoms with Gasteiger partial charge in [-0.15, -0.1) is 11.3 Å². The van der Waals surface area contributed by atoms with Gasteiger partial charge in [-0.2, -0.15) is 0 Å². The van der Waals surface area contributed by atoms with Crippen LogP contribution in [-0.2, 0) is 0 Å². The molecule has 0 amide bonds. The van der Waals surface area contributed by atoms with Gasteiger partial charge in [0, 0.05) is 48.3 Å². The van der Waals surface area contributed by atoms with Gasteiger partial charge in [-0.05, 0) is 51.4 Å². The highest BCUT2D eigenvalue weighted by Crippen LogP contribution is 2.54. The first-order valence-electron chi connectivity index (χ1n) is 17.8. The largest absolute Gasteiger partial charge is 0.208 e. The second-order valence-electron chi connectivity index (χ2n) is 13.5. The number of hydrogen-bond acceptors (Lipinski definition) is 4. The van der Waals surface area contributed by atoms with E-state index >= 15 is 0 Å². The van der Waals surface area contributed by atoms with Crippen LogP contribution in [0.15, 0.2) is 170 Å². The van der Waals surface area contributed by atoms with E-state index in [9.17, 15) is 0 Å². The van der Waals surface area contributed by atoms with E-state index in [4.69, 9.17) is 15.0 Å². The molecule has 7 aromatic carbocycles. The minimum Gasteiger partial charge on any atom is -0.208 e. The Morgan fingerprint density at radius 3 is 1.73 bits per heavy atom. The van der Waals surface area contributed by atoms with E-state index in [1.807, 2.05) is 47.7 Å². The van der Waals surface area contributed by atoms with Crippen molar-refractivity contribution in [3.63, 3.8) is 0 Å². The van der Waals surface area contributed by atoms with Crippen LogP contribution in [0.5, 0.6) is 0 Å². The van der Waals surface area contributed by atoms with Crippen molar-refractivity contribution in [3.05, 3.63) is 187 Å². The van der Waals surface area contributed by atoms with Gasteiger partial charge in [0.2, 0.25) is 0 Å². The van der Waals surface area contributed by atoms with E-state index in [1.54, 1.807) is 0 Å². The molecule has 2 aromatic heterocycles. The fourth-order valence-electron chi connectivity index (χ4n) is 8.20. The second-order valence-corrected chi connectivity index (χ2v) is 14.6. The van der Waals surface area contributed by atoms with Crippen LogP contribution in [0, 0.1) is 0 Å². The maximum Gasteiger partial charge on any atom is 0.164 e. The number of rotatable bonds is 5. The molecule has 0 aliphatic heterocycles. The third-order valence-corrected chi connectivity index (χ3v) is 11.8. The summed E-state index contributed by atoms with van der Waals surface area (Å²) in [6.45, 7) is 2.39. The Morgan fingerprint density at radius 2 is 1.00 bits per heavy atom. The Bertz CT molecular complexity index is 2700. The Morgan fingerprint density at radius 1 is 0.442 bits per heavy atom. The summed E-state index contributed by atoms with van der Waals surface area (Å²) < 4.78 is 2.49. The quantitative estimate of drug-likeness (QED) is 0.181. The zero-order valence-corrected chi connectivity index (χ0v) is 29.4. The lowest BCUT2D eigenvalue weighted by Gasteiger charge is -2.35. The fourth-order valence-corrected chi connectivity index (χ4v) is 9.46. The summed E-state index contributed by atoms with van der Waals surface area (Å²) in [6.07, 6.45) is 0. The number of benzene rings is 7. The lowest BCUT2D eigenvalue weighted by Crippen LogP contribution is -2.17. The SMILES string of the molecule is CC1c2cccc(-c3ccc(-c4nc(-c5ccccc5)nc(-c5ccccc5)n4)c4c3sc3ccccc34)c2-c2ccccc2C1c1ccccc1. The van der Waals surface area contributed by atoms with Gasteiger partial charge in [-0.25, -0.2) is 15.0 Å². The molecule has 1 aliphatic rings. The molecule has 0 saturated carbocycles. The minimum atomic E-state index is 0.285. The molecule has 2 unspecified atom stereocenters. The van der Waals surface area contributed by atoms with Crippen LogP contribution in [0.3, 0.4) is 0 Å². The molecule has 4 heteroatoms. The summed E-state index contributed by atoms with van der Waals surface area (Å²) in [5, 5.41) is 2.39. The zero-order chi connectivity index (χ0) is 34.6. The Labute approximate surface area is 307 Å². The van der Waals surface area contributed by atoms with Crippen molar-refractivity contribution in [1.82, 2.24) is 15.0 Å². The zero-order valence-electron chi connectivity index (χ0n) is 28.6. The first-order chi connectivity index (χ1) is 25.7. The smallest absolute Gasteiger partial charge is 0.164 e. The normalized spacial score (nSPS) is 15.0. The molecule has 246 valence electrons. The van der Waals surface area contributed by atoms with Gasteiger partial charge in [0.25, 0.3) is 0 Å². The third-order valence-electron chi connectivity index (χ3n) is 10.6. The fraction of sp³-hybridized carbons (Fsp3) is 0.0625. The average molecular weight is 684 g/mol. The van der Waals surface area contributed by atoms with Crippen LogP contribution in [0.2, 0.25) is 0 Å². The van der Waals surface area contributed by atoms with Crippen LogP contribution >= 0.6 is 11.3 Å². The monoisotopic (exact) mass is 683 g/mol. The number of thiophene rings is 1. The maximum absolute atomic E-state index is 5.17. The van der Waals surface area contributed by atoms with Crippen molar-refractivity contribution in [2.45, 2.75) is 18.8 Å². The summed E-state index contributed by atoms with van der Waals surface area (Å²) in [5.41, 5.74) is 12.2. The summed E-state index contributed by atoms with van der Waals surface area (Å²) in [6, 6.07) is 60.6. The van der Waals surface area contributed by atoms with Crippen molar-refractivity contribution < 1.29 is 0 Å². The summed E-state index contributed by atoms with van der Waals surface area (Å²) in [7, 11) is 0. The van der Waals surface area contributed by atoms with Crippen LogP contribution in [-0.4, -0.2) is 15.0 Å². The Kier molecular flexibility index (Phi) is 7.36. The molecule has 52 heavy (non-hydrogen) atoms. The van der Waals surface area contributed by atoms with Crippen LogP contribution in [0.4, 0.5) is 0 Å². The van der Waals surface area contributed by atoms with Crippen LogP contribution in [0.1, 0.15) is 35.4 Å². The van der Waals surface area contributed by atoms with E-state index in [1.165, 1.54) is 59.1 Å². The van der Waals surface area contributed by atoms with E-state index in [0.717, 1.165) is 16.7 Å². The van der Waals surface area contributed by atoms with Crippen molar-refractivity contribution in [3.8, 4) is 56.4 Å². The van der Waals surface area contributed by atoms with Gasteiger partial charge in [0.1, 0.15) is 0 Å². The molecule has 2 heterocycles. The minimum absolute atomic E-state index is 0.285. The van der Waals surface area contributed by atoms with Gasteiger partial charge in [0.15, 0.2) is 17.5 Å². The molecular formula is C48H33N3S. The molecule has 0 saturated heterocycles. The van der Waals surface area contributed by atoms with Gasteiger partial charge in [-0.3, -0.25) is 0 Å². The molecule has 2 atom stereocenters. The molecule has 0 fully saturated rings. The highest BCUT2D eigenvalue weighted by Gasteiger charge is 2.34. The van der Waals surface area contributed by atoms with E-state index < -0.39 is 0 Å². The third kappa shape index (κ3) is 4.98. The van der Waals surface area contributed by atoms with E-state index in [2.05, 4.69) is 140 Å². The predicted octanol–water partition coefficient (Wildman–Crippen LogP) is 12.8. The van der Waals surface area contributed by atoms with Crippen LogP contribution in [0.25, 0.3) is 76.6 Å². The molecule has 0 N–H and O–H groups in total. The van der Waals surface area contributed by atoms with Crippen molar-refractivity contribution in [2.24, 2.45) is 0 Å². The summed E-state index contributed by atoms with van der Waals surface area (Å²) in [5.74, 6) is 2.59. The van der Waals surface area contributed by atoms with Crippen molar-refractivity contribution in [1.29, 1.82) is 0 Å². The first kappa shape index (κ1) is 30.6. The Balaban J connectivity index is 1.22. The summed E-state index contributed by atoms with van der Waals surface area (Å²) >= 11 is 1.85. The topological polar surface area (TPSA) is 38.7 Å². The molecular weight excluding hydrogens is 651 g/mol. The molecule has 9 aromatic rings. The van der Waals surface area contributed by atoms with Gasteiger partial charge >= 0.3 is 0 Å². The number of nitrogens with zero attached hydrogens (tertiary/aromatic N) is 3. The molecule has 0 radical (unpaired) electrons. The Hall–Kier alpha value is -6.23. The van der Waals surface area contributed by atoms with Gasteiger partial charge in [0.05, 0.1) is 0 Å². The maximum atomic E-state index is 5.17. The predicted molar refractivity (Wildman–Crippen MR) is 217 cm³/mol. The second kappa shape index (κ2) is 12.5. The number of hydrogen-bond donors (Lipinski definition) is 0. The lowest BCUT2D eigenvalue weighted by molar-refractivity contribution is 0.650. The lowest BCUT2D eigenvalue weighted by atomic mass is 9.68. The van der Waals surface area contributed by atoms with Gasteiger partial charge in [-0.1, -0.05) is 165 Å². The average Bonchev–Trinajstić information content (AvgIpc) is 3.61. The first-order valence-corrected chi connectivity index (χ1v) is 18.6. The molecule has 0 bridgehead atoms. The van der Waals surface area contributed by atoms with Crippen molar-refractivity contribution >= 4 is 31.5 Å². The number of fused-ring (bicyclic) bond motifs is 6. The molecule has 1 aliphatic carbocycles. The van der Waals surface area contributed by atoms with Gasteiger partial charge < -0.3 is 0 Å². The molecule has 0 spiro atoms. The van der Waals surface area contributed by atoms with E-state index in [-0.39, 0.29) is 5.92 Å². The van der Waals surface area contributed by atoms with Crippen LogP contribution < -0.4 is 0 Å². The molecule has 3 nitrogen and oxygen atoms in total. The summed E-state index contributed by atoms with van der Waals surface area (Å²) in [4.78, 5) is 15.3. The standard InChI is InChI=1S/C48H33N3S/c1-30-34-25-15-26-37(43(34)36-23-12-11-22-35(36)42(30)31-16-5-2-6-17-31)38-28-29-40(44-39-24-13-14-27-41(39)52-45(38)44)48-50-46(32-18-7-3-8-19-32)49-47(51-48)33-20-9-4-10-21-33/h2-30,42H,1H3. The number of aromatic nitrogens is 3. The molecule has 10 rings (SSSR count). The van der Waals surface area contributed by atoms with Crippen molar-refractivity contribution in [2.75, 3.05) is 0 Å². The highest BCUT2D eigenvalue weighted by molar-refractivity contribution is 7.26. The highest BCUT2D eigenvalue weighted by atomic mass is 32.1.